The number of amides is 3. The number of halogens is 1. The number of benzene rings is 1. The maximum absolute atomic E-state index is 12.1. The first kappa shape index (κ1) is 18.7. The minimum Gasteiger partial charge on any atom is -0.335 e. The second-order valence-electron chi connectivity index (χ2n) is 6.31. The molecule has 6 nitrogen and oxygen atoms in total. The Labute approximate surface area is 161 Å². The monoisotopic (exact) mass is 392 g/mol. The average molecular weight is 393 g/mol. The Morgan fingerprint density at radius 1 is 1.12 bits per heavy atom. The van der Waals surface area contributed by atoms with Gasteiger partial charge in [0.25, 0.3) is 0 Å². The van der Waals surface area contributed by atoms with Gasteiger partial charge in [0, 0.05) is 22.1 Å². The van der Waals surface area contributed by atoms with Crippen molar-refractivity contribution in [1.29, 1.82) is 0 Å². The molecule has 0 atom stereocenters. The van der Waals surface area contributed by atoms with Crippen LogP contribution in [0.5, 0.6) is 0 Å². The van der Waals surface area contributed by atoms with Crippen LogP contribution in [0.2, 0.25) is 5.02 Å². The zero-order chi connectivity index (χ0) is 18.4. The molecule has 0 radical (unpaired) electrons. The smallest absolute Gasteiger partial charge is 0.321 e. The number of carbonyl (C=O) groups excluding carboxylic acids is 2. The van der Waals surface area contributed by atoms with Crippen molar-refractivity contribution in [2.24, 2.45) is 0 Å². The summed E-state index contributed by atoms with van der Waals surface area (Å²) in [7, 11) is 0. The zero-order valence-corrected chi connectivity index (χ0v) is 15.8. The van der Waals surface area contributed by atoms with Gasteiger partial charge in [-0.05, 0) is 37.1 Å². The fraction of sp³-hybridized carbons (Fsp3) is 0.389. The van der Waals surface area contributed by atoms with Crippen LogP contribution in [-0.4, -0.2) is 23.0 Å². The SMILES string of the molecule is O=C(Cc1csc(NC(=O)NC2CCCCC2)n1)Nc1ccc(Cl)cc1. The van der Waals surface area contributed by atoms with Crippen LogP contribution in [0.3, 0.4) is 0 Å². The van der Waals surface area contributed by atoms with Gasteiger partial charge in [-0.25, -0.2) is 9.78 Å². The molecule has 1 fully saturated rings. The summed E-state index contributed by atoms with van der Waals surface area (Å²) >= 11 is 7.13. The molecular weight excluding hydrogens is 372 g/mol. The number of nitrogens with one attached hydrogen (secondary N) is 3. The van der Waals surface area contributed by atoms with E-state index in [9.17, 15) is 9.59 Å². The van der Waals surface area contributed by atoms with E-state index < -0.39 is 0 Å². The van der Waals surface area contributed by atoms with Crippen LogP contribution in [0.15, 0.2) is 29.6 Å². The van der Waals surface area contributed by atoms with Gasteiger partial charge in [0.1, 0.15) is 0 Å². The average Bonchev–Trinajstić information content (AvgIpc) is 3.04. The van der Waals surface area contributed by atoms with Crippen LogP contribution in [0.25, 0.3) is 0 Å². The van der Waals surface area contributed by atoms with Gasteiger partial charge in [-0.15, -0.1) is 11.3 Å². The fourth-order valence-corrected chi connectivity index (χ4v) is 3.75. The highest BCUT2D eigenvalue weighted by atomic mass is 35.5. The van der Waals surface area contributed by atoms with Gasteiger partial charge in [-0.2, -0.15) is 0 Å². The van der Waals surface area contributed by atoms with Gasteiger partial charge in [0.05, 0.1) is 12.1 Å². The van der Waals surface area contributed by atoms with Gasteiger partial charge in [0.2, 0.25) is 5.91 Å². The van der Waals surface area contributed by atoms with Crippen LogP contribution < -0.4 is 16.0 Å². The van der Waals surface area contributed by atoms with Crippen LogP contribution in [0, 0.1) is 0 Å². The van der Waals surface area contributed by atoms with Gasteiger partial charge in [0.15, 0.2) is 5.13 Å². The van der Waals surface area contributed by atoms with E-state index in [1.807, 2.05) is 0 Å². The Morgan fingerprint density at radius 2 is 1.85 bits per heavy atom. The Kier molecular flexibility index (Phi) is 6.46. The summed E-state index contributed by atoms with van der Waals surface area (Å²) in [5.41, 5.74) is 1.30. The van der Waals surface area contributed by atoms with Crippen molar-refractivity contribution >= 4 is 45.7 Å². The first-order valence-corrected chi connectivity index (χ1v) is 9.91. The van der Waals surface area contributed by atoms with E-state index in [1.165, 1.54) is 17.8 Å². The van der Waals surface area contributed by atoms with Crippen molar-refractivity contribution < 1.29 is 9.59 Å². The highest BCUT2D eigenvalue weighted by Crippen LogP contribution is 2.19. The van der Waals surface area contributed by atoms with Crippen molar-refractivity contribution in [3.8, 4) is 0 Å². The van der Waals surface area contributed by atoms with Crippen molar-refractivity contribution in [3.63, 3.8) is 0 Å². The number of hydrogen-bond donors (Lipinski definition) is 3. The summed E-state index contributed by atoms with van der Waals surface area (Å²) in [6.45, 7) is 0. The van der Waals surface area contributed by atoms with E-state index >= 15 is 0 Å². The molecule has 1 saturated carbocycles. The molecule has 0 spiro atoms. The second kappa shape index (κ2) is 9.00. The molecule has 138 valence electrons. The molecule has 3 N–H and O–H groups in total. The van der Waals surface area contributed by atoms with Crippen LogP contribution in [0.1, 0.15) is 37.8 Å². The van der Waals surface area contributed by atoms with E-state index in [0.29, 0.717) is 21.5 Å². The number of urea groups is 1. The summed E-state index contributed by atoms with van der Waals surface area (Å²) in [4.78, 5) is 28.4. The number of rotatable bonds is 5. The first-order chi connectivity index (χ1) is 12.6. The zero-order valence-electron chi connectivity index (χ0n) is 14.3. The van der Waals surface area contributed by atoms with Gasteiger partial charge >= 0.3 is 6.03 Å². The van der Waals surface area contributed by atoms with Crippen LogP contribution >= 0.6 is 22.9 Å². The predicted octanol–water partition coefficient (Wildman–Crippen LogP) is 4.43. The number of nitrogens with zero attached hydrogens (tertiary/aromatic N) is 1. The lowest BCUT2D eigenvalue weighted by atomic mass is 9.96. The van der Waals surface area contributed by atoms with E-state index in [2.05, 4.69) is 20.9 Å². The molecular formula is C18H21ClN4O2S. The van der Waals surface area contributed by atoms with Gasteiger partial charge in [-0.1, -0.05) is 30.9 Å². The Hall–Kier alpha value is -2.12. The van der Waals surface area contributed by atoms with E-state index in [4.69, 9.17) is 11.6 Å². The summed E-state index contributed by atoms with van der Waals surface area (Å²) in [6.07, 6.45) is 5.77. The normalized spacial score (nSPS) is 14.7. The number of hydrogen-bond acceptors (Lipinski definition) is 4. The standard InChI is InChI=1S/C18H21ClN4O2S/c19-12-6-8-14(9-7-12)20-16(24)10-15-11-26-18(22-15)23-17(25)21-13-4-2-1-3-5-13/h6-9,11,13H,1-5,10H2,(H,20,24)(H2,21,22,23,25). The molecule has 1 aromatic carbocycles. The molecule has 0 bridgehead atoms. The topological polar surface area (TPSA) is 83.1 Å². The fourth-order valence-electron chi connectivity index (χ4n) is 2.91. The van der Waals surface area contributed by atoms with E-state index in [0.717, 1.165) is 25.7 Å². The molecule has 2 aromatic rings. The maximum Gasteiger partial charge on any atom is 0.321 e. The number of thiazole rings is 1. The summed E-state index contributed by atoms with van der Waals surface area (Å²) in [6, 6.07) is 6.92. The third-order valence-electron chi connectivity index (χ3n) is 4.18. The van der Waals surface area contributed by atoms with E-state index in [-0.39, 0.29) is 24.4 Å². The third kappa shape index (κ3) is 5.71. The minimum atomic E-state index is -0.233. The highest BCUT2D eigenvalue weighted by Gasteiger charge is 2.16. The summed E-state index contributed by atoms with van der Waals surface area (Å²) < 4.78 is 0. The van der Waals surface area contributed by atoms with Crippen molar-refractivity contribution in [2.45, 2.75) is 44.6 Å². The minimum absolute atomic E-state index is 0.144. The van der Waals surface area contributed by atoms with Gasteiger partial charge < -0.3 is 10.6 Å². The summed E-state index contributed by atoms with van der Waals surface area (Å²) in [5.74, 6) is -0.171. The molecule has 1 aromatic heterocycles. The molecule has 3 amide bonds. The van der Waals surface area contributed by atoms with Crippen LogP contribution in [-0.2, 0) is 11.2 Å². The summed E-state index contributed by atoms with van der Waals surface area (Å²) in [5, 5.41) is 11.4. The molecule has 8 heteroatoms. The predicted molar refractivity (Wildman–Crippen MR) is 105 cm³/mol. The lowest BCUT2D eigenvalue weighted by Gasteiger charge is -2.22. The molecule has 0 unspecified atom stereocenters. The first-order valence-electron chi connectivity index (χ1n) is 8.66. The Morgan fingerprint density at radius 3 is 2.58 bits per heavy atom. The van der Waals surface area contributed by atoms with Gasteiger partial charge in [-0.3, -0.25) is 10.1 Å². The molecule has 3 rings (SSSR count). The lowest BCUT2D eigenvalue weighted by molar-refractivity contribution is -0.115. The number of aromatic nitrogens is 1. The molecule has 0 saturated heterocycles. The quantitative estimate of drug-likeness (QED) is 0.703. The van der Waals surface area contributed by atoms with Crippen molar-refractivity contribution in [3.05, 3.63) is 40.4 Å². The molecule has 1 aliphatic rings. The van der Waals surface area contributed by atoms with Crippen LogP contribution in [0.4, 0.5) is 15.6 Å². The second-order valence-corrected chi connectivity index (χ2v) is 7.60. The van der Waals surface area contributed by atoms with Crippen molar-refractivity contribution in [1.82, 2.24) is 10.3 Å². The van der Waals surface area contributed by atoms with Crippen molar-refractivity contribution in [2.75, 3.05) is 10.6 Å². The lowest BCUT2D eigenvalue weighted by Crippen LogP contribution is -2.39. The molecule has 0 aliphatic heterocycles. The third-order valence-corrected chi connectivity index (χ3v) is 5.24. The number of anilines is 2. The molecule has 26 heavy (non-hydrogen) atoms. The highest BCUT2D eigenvalue weighted by molar-refractivity contribution is 7.13. The van der Waals surface area contributed by atoms with E-state index in [1.54, 1.807) is 29.6 Å². The number of carbonyl (C=O) groups is 2. The molecule has 1 heterocycles. The molecule has 1 aliphatic carbocycles. The Bertz CT molecular complexity index is 757. The maximum atomic E-state index is 12.1. The largest absolute Gasteiger partial charge is 0.335 e. The Balaban J connectivity index is 1.46.